The van der Waals surface area contributed by atoms with E-state index in [2.05, 4.69) is 20.6 Å². The van der Waals surface area contributed by atoms with Crippen molar-refractivity contribution in [3.8, 4) is 0 Å². The molecule has 2 fully saturated rings. The van der Waals surface area contributed by atoms with Crippen molar-refractivity contribution in [3.05, 3.63) is 41.1 Å². The molecule has 2 bridgehead atoms. The smallest absolute Gasteiger partial charge is 0.375 e. The first-order chi connectivity index (χ1) is 15.3. The van der Waals surface area contributed by atoms with Crippen LogP contribution in [0.15, 0.2) is 24.4 Å². The largest absolute Gasteiger partial charge is 0.421 e. The second kappa shape index (κ2) is 7.91. The molecule has 0 radical (unpaired) electrons. The normalized spacial score (nSPS) is 21.9. The minimum absolute atomic E-state index is 0.0119. The van der Waals surface area contributed by atoms with Gasteiger partial charge in [0.15, 0.2) is 0 Å². The summed E-state index contributed by atoms with van der Waals surface area (Å²) in [6.45, 7) is 1.39. The van der Waals surface area contributed by atoms with Gasteiger partial charge in [-0.05, 0) is 42.5 Å². The summed E-state index contributed by atoms with van der Waals surface area (Å²) in [5.41, 5.74) is 2.23. The van der Waals surface area contributed by atoms with Gasteiger partial charge in [0.2, 0.25) is 11.9 Å². The maximum Gasteiger partial charge on any atom is 0.421 e. The van der Waals surface area contributed by atoms with Crippen LogP contribution in [0.3, 0.4) is 0 Å². The highest BCUT2D eigenvalue weighted by atomic mass is 19.4. The van der Waals surface area contributed by atoms with E-state index in [1.165, 1.54) is 12.7 Å². The molecule has 2 atom stereocenters. The molecule has 1 aliphatic heterocycles. The number of hydrogen-bond acceptors (Lipinski definition) is 6. The fraction of sp³-hybridized carbons (Fsp3) is 0.500. The van der Waals surface area contributed by atoms with Crippen molar-refractivity contribution < 1.29 is 22.7 Å². The minimum atomic E-state index is -4.52. The maximum absolute atomic E-state index is 13.3. The molecule has 1 amide bonds. The zero-order chi connectivity index (χ0) is 22.5. The number of carbonyl (C=O) groups excluding carboxylic acids is 1. The second-order valence-corrected chi connectivity index (χ2v) is 8.70. The Morgan fingerprint density at radius 3 is 2.66 bits per heavy atom. The minimum Gasteiger partial charge on any atom is -0.375 e. The molecule has 32 heavy (non-hydrogen) atoms. The highest BCUT2D eigenvalue weighted by molar-refractivity contribution is 5.78. The Morgan fingerprint density at radius 1 is 1.22 bits per heavy atom. The van der Waals surface area contributed by atoms with Gasteiger partial charge in [0.25, 0.3) is 0 Å². The topological polar surface area (TPSA) is 79.4 Å². The van der Waals surface area contributed by atoms with Crippen LogP contribution in [0.1, 0.15) is 47.8 Å². The number of halogens is 3. The van der Waals surface area contributed by atoms with Crippen molar-refractivity contribution in [2.24, 2.45) is 0 Å². The van der Waals surface area contributed by atoms with Gasteiger partial charge in [0.1, 0.15) is 18.0 Å². The van der Waals surface area contributed by atoms with Crippen molar-refractivity contribution in [3.63, 3.8) is 0 Å². The van der Waals surface area contributed by atoms with Crippen LogP contribution in [0, 0.1) is 0 Å². The molecule has 1 saturated carbocycles. The summed E-state index contributed by atoms with van der Waals surface area (Å²) >= 11 is 0. The molecule has 2 aliphatic carbocycles. The number of methoxy groups -OCH3 is 1. The zero-order valence-electron chi connectivity index (χ0n) is 17.6. The number of ether oxygens (including phenoxy) is 1. The lowest BCUT2D eigenvalue weighted by Gasteiger charge is -2.32. The standard InChI is InChI=1S/C22H24F3N5O2/c1-32-11-19(31)30-9-12-6-13(10-30)17-7-15(4-5-16(12)17)28-21-26-8-18(22(23,24)25)20(29-21)27-14-2-3-14/h4-5,7-8,12-14H,2-3,6,9-11H2,1H3,(H2,26,27,28,29). The number of carbonyl (C=O) groups is 1. The monoisotopic (exact) mass is 447 g/mol. The Hall–Kier alpha value is -2.88. The number of likely N-dealkylation sites (tertiary alicyclic amines) is 1. The van der Waals surface area contributed by atoms with E-state index in [4.69, 9.17) is 4.74 Å². The summed E-state index contributed by atoms with van der Waals surface area (Å²) in [6, 6.07) is 5.94. The van der Waals surface area contributed by atoms with Gasteiger partial charge in [-0.3, -0.25) is 4.79 Å². The summed E-state index contributed by atoms with van der Waals surface area (Å²) in [6.07, 6.45) is -1.04. The van der Waals surface area contributed by atoms with Crippen LogP contribution in [0.2, 0.25) is 0 Å². The maximum atomic E-state index is 13.3. The summed E-state index contributed by atoms with van der Waals surface area (Å²) in [4.78, 5) is 22.1. The van der Waals surface area contributed by atoms with Crippen LogP contribution < -0.4 is 10.6 Å². The summed E-state index contributed by atoms with van der Waals surface area (Å²) < 4.78 is 44.9. The van der Waals surface area contributed by atoms with Gasteiger partial charge in [0.05, 0.1) is 0 Å². The molecule has 7 nitrogen and oxygen atoms in total. The third-order valence-corrected chi connectivity index (χ3v) is 6.31. The van der Waals surface area contributed by atoms with Crippen LogP contribution in [-0.2, 0) is 15.7 Å². The Balaban J connectivity index is 1.36. The summed E-state index contributed by atoms with van der Waals surface area (Å²) in [7, 11) is 1.51. The highest BCUT2D eigenvalue weighted by Crippen LogP contribution is 2.47. The van der Waals surface area contributed by atoms with Gasteiger partial charge < -0.3 is 20.3 Å². The lowest BCUT2D eigenvalue weighted by Crippen LogP contribution is -2.41. The molecule has 5 rings (SSSR count). The number of alkyl halides is 3. The van der Waals surface area contributed by atoms with E-state index in [0.29, 0.717) is 18.8 Å². The lowest BCUT2D eigenvalue weighted by atomic mass is 9.96. The Morgan fingerprint density at radius 2 is 1.97 bits per heavy atom. The van der Waals surface area contributed by atoms with E-state index in [9.17, 15) is 18.0 Å². The molecule has 1 saturated heterocycles. The number of piperidine rings is 1. The van der Waals surface area contributed by atoms with Crippen molar-refractivity contribution in [2.45, 2.75) is 43.3 Å². The third-order valence-electron chi connectivity index (χ3n) is 6.31. The Kier molecular flexibility index (Phi) is 5.19. The molecule has 0 spiro atoms. The molecule has 10 heteroatoms. The molecule has 3 aliphatic rings. The van der Waals surface area contributed by atoms with Crippen LogP contribution in [0.4, 0.5) is 30.6 Å². The van der Waals surface area contributed by atoms with Crippen molar-refractivity contribution >= 4 is 23.4 Å². The number of aromatic nitrogens is 2. The van der Waals surface area contributed by atoms with Gasteiger partial charge in [-0.2, -0.15) is 18.2 Å². The van der Waals surface area contributed by atoms with Crippen molar-refractivity contribution in [2.75, 3.05) is 37.4 Å². The van der Waals surface area contributed by atoms with E-state index in [1.54, 1.807) is 0 Å². The molecular weight excluding hydrogens is 423 g/mol. The lowest BCUT2D eigenvalue weighted by molar-refractivity contribution is -0.137. The molecular formula is C22H24F3N5O2. The van der Waals surface area contributed by atoms with Crippen LogP contribution in [0.5, 0.6) is 0 Å². The zero-order valence-corrected chi connectivity index (χ0v) is 17.6. The fourth-order valence-corrected chi connectivity index (χ4v) is 4.66. The van der Waals surface area contributed by atoms with Crippen molar-refractivity contribution in [1.82, 2.24) is 14.9 Å². The molecule has 1 aromatic heterocycles. The molecule has 1 aromatic carbocycles. The van der Waals surface area contributed by atoms with Gasteiger partial charge >= 0.3 is 6.18 Å². The average Bonchev–Trinajstić information content (AvgIpc) is 3.53. The average molecular weight is 447 g/mol. The van der Waals surface area contributed by atoms with Crippen LogP contribution >= 0.6 is 0 Å². The van der Waals surface area contributed by atoms with Crippen LogP contribution in [-0.4, -0.2) is 53.6 Å². The van der Waals surface area contributed by atoms with E-state index >= 15 is 0 Å². The quantitative estimate of drug-likeness (QED) is 0.700. The number of anilines is 3. The van der Waals surface area contributed by atoms with E-state index in [0.717, 1.165) is 31.0 Å². The molecule has 2 heterocycles. The number of benzene rings is 1. The van der Waals surface area contributed by atoms with Crippen LogP contribution in [0.25, 0.3) is 0 Å². The molecule has 2 aromatic rings. The van der Waals surface area contributed by atoms with Gasteiger partial charge in [-0.15, -0.1) is 0 Å². The number of hydrogen-bond donors (Lipinski definition) is 2. The van der Waals surface area contributed by atoms with Gasteiger partial charge in [0, 0.05) is 50.0 Å². The van der Waals surface area contributed by atoms with E-state index in [1.807, 2.05) is 23.1 Å². The van der Waals surface area contributed by atoms with E-state index < -0.39 is 11.7 Å². The predicted octanol–water partition coefficient (Wildman–Crippen LogP) is 3.87. The van der Waals surface area contributed by atoms with E-state index in [-0.39, 0.29) is 42.2 Å². The molecule has 2 unspecified atom stereocenters. The first-order valence-electron chi connectivity index (χ1n) is 10.7. The fourth-order valence-electron chi connectivity index (χ4n) is 4.66. The number of nitrogens with zero attached hydrogens (tertiary/aromatic N) is 3. The summed E-state index contributed by atoms with van der Waals surface area (Å²) in [5.74, 6) is 0.421. The first kappa shape index (κ1) is 21.0. The van der Waals surface area contributed by atoms with Crippen molar-refractivity contribution in [1.29, 1.82) is 0 Å². The highest BCUT2D eigenvalue weighted by Gasteiger charge is 2.39. The molecule has 170 valence electrons. The van der Waals surface area contributed by atoms with Gasteiger partial charge in [-0.1, -0.05) is 6.07 Å². The Bertz CT molecular complexity index is 1040. The molecule has 2 N–H and O–H groups in total. The number of nitrogens with one attached hydrogen (secondary N) is 2. The number of amides is 1. The third kappa shape index (κ3) is 4.11. The SMILES string of the molecule is COCC(=O)N1CC2CC(C1)c1cc(Nc3ncc(C(F)(F)F)c(NC4CC4)n3)ccc12. The number of fused-ring (bicyclic) bond motifs is 5. The predicted molar refractivity (Wildman–Crippen MR) is 112 cm³/mol. The first-order valence-corrected chi connectivity index (χ1v) is 10.7. The van der Waals surface area contributed by atoms with Gasteiger partial charge in [-0.25, -0.2) is 4.98 Å². The summed E-state index contributed by atoms with van der Waals surface area (Å²) in [5, 5.41) is 5.91. The Labute approximate surface area is 183 Å². The number of rotatable bonds is 6. The second-order valence-electron chi connectivity index (χ2n) is 8.70.